The Kier molecular flexibility index (Phi) is 2.90. The van der Waals surface area contributed by atoms with Gasteiger partial charge in [-0.1, -0.05) is 60.7 Å². The second-order valence-electron chi connectivity index (χ2n) is 5.22. The predicted octanol–water partition coefficient (Wildman–Crippen LogP) is 4.25. The van der Waals surface area contributed by atoms with Crippen LogP contribution in [0, 0.1) is 0 Å². The molecule has 0 radical (unpaired) electrons. The maximum atomic E-state index is 6.22. The number of nitrogen functional groups attached to an aromatic ring is 1. The number of benzene rings is 2. The van der Waals surface area contributed by atoms with Crippen molar-refractivity contribution in [2.24, 2.45) is 0 Å². The summed E-state index contributed by atoms with van der Waals surface area (Å²) >= 11 is 0. The second kappa shape index (κ2) is 5.04. The van der Waals surface area contributed by atoms with E-state index < -0.39 is 0 Å². The van der Waals surface area contributed by atoms with E-state index in [1.54, 1.807) is 0 Å². The van der Waals surface area contributed by atoms with E-state index in [0.717, 1.165) is 16.9 Å². The lowest BCUT2D eigenvalue weighted by atomic mass is 10.0. The molecule has 3 heteroatoms. The fourth-order valence-corrected chi connectivity index (χ4v) is 2.68. The van der Waals surface area contributed by atoms with Crippen molar-refractivity contribution in [3.63, 3.8) is 0 Å². The molecule has 0 saturated carbocycles. The Morgan fingerprint density at radius 3 is 2.05 bits per heavy atom. The van der Waals surface area contributed by atoms with Crippen LogP contribution >= 0.6 is 0 Å². The number of hydrogen-bond donors (Lipinski definition) is 1. The smallest absolute Gasteiger partial charge is 0.139 e. The van der Waals surface area contributed by atoms with Crippen molar-refractivity contribution in [1.29, 1.82) is 0 Å². The summed E-state index contributed by atoms with van der Waals surface area (Å²) in [6.45, 7) is 0. The normalized spacial score (nSPS) is 10.9. The number of aromatic nitrogens is 2. The zero-order valence-corrected chi connectivity index (χ0v) is 12.0. The fourth-order valence-electron chi connectivity index (χ4n) is 2.68. The minimum absolute atomic E-state index is 0.670. The summed E-state index contributed by atoms with van der Waals surface area (Å²) in [7, 11) is 0. The van der Waals surface area contributed by atoms with Gasteiger partial charge in [-0.25, -0.2) is 4.98 Å². The molecule has 2 aromatic carbocycles. The molecule has 0 unspecified atom stereocenters. The van der Waals surface area contributed by atoms with Gasteiger partial charge >= 0.3 is 0 Å². The van der Waals surface area contributed by atoms with Crippen LogP contribution in [0.1, 0.15) is 0 Å². The molecule has 3 nitrogen and oxygen atoms in total. The van der Waals surface area contributed by atoms with E-state index in [2.05, 4.69) is 41.4 Å². The molecule has 2 heterocycles. The molecule has 4 rings (SSSR count). The molecule has 0 saturated heterocycles. The maximum absolute atomic E-state index is 6.22. The molecule has 0 atom stereocenters. The standard InChI is InChI=1S/C19H15N3/c20-19-18(21-17-8-4-5-13-22(17)19)16-11-9-15(10-12-16)14-6-2-1-3-7-14/h1-13H,20H2. The Bertz CT molecular complexity index is 922. The number of rotatable bonds is 2. The van der Waals surface area contributed by atoms with E-state index >= 15 is 0 Å². The Labute approximate surface area is 128 Å². The van der Waals surface area contributed by atoms with Crippen LogP contribution in [0.2, 0.25) is 0 Å². The van der Waals surface area contributed by atoms with Crippen molar-refractivity contribution in [1.82, 2.24) is 9.38 Å². The molecule has 0 spiro atoms. The van der Waals surface area contributed by atoms with E-state index in [1.807, 2.05) is 47.0 Å². The molecular weight excluding hydrogens is 270 g/mol. The van der Waals surface area contributed by atoms with Crippen molar-refractivity contribution < 1.29 is 0 Å². The lowest BCUT2D eigenvalue weighted by Gasteiger charge is -2.03. The van der Waals surface area contributed by atoms with Crippen molar-refractivity contribution >= 4 is 11.5 Å². The molecule has 0 aliphatic rings. The zero-order valence-electron chi connectivity index (χ0n) is 12.0. The van der Waals surface area contributed by atoms with Crippen LogP contribution in [0.3, 0.4) is 0 Å². The highest BCUT2D eigenvalue weighted by Crippen LogP contribution is 2.28. The van der Waals surface area contributed by atoms with Gasteiger partial charge in [-0.05, 0) is 23.3 Å². The topological polar surface area (TPSA) is 43.3 Å². The maximum Gasteiger partial charge on any atom is 0.139 e. The van der Waals surface area contributed by atoms with E-state index in [1.165, 1.54) is 11.1 Å². The van der Waals surface area contributed by atoms with Crippen LogP contribution in [-0.2, 0) is 0 Å². The summed E-state index contributed by atoms with van der Waals surface area (Å²) in [6.07, 6.45) is 1.93. The van der Waals surface area contributed by atoms with Crippen LogP contribution in [0.5, 0.6) is 0 Å². The summed E-state index contributed by atoms with van der Waals surface area (Å²) in [6, 6.07) is 24.5. The minimum Gasteiger partial charge on any atom is -0.383 e. The van der Waals surface area contributed by atoms with Crippen LogP contribution in [-0.4, -0.2) is 9.38 Å². The minimum atomic E-state index is 0.670. The average molecular weight is 285 g/mol. The van der Waals surface area contributed by atoms with Crippen LogP contribution in [0.15, 0.2) is 79.0 Å². The number of pyridine rings is 1. The van der Waals surface area contributed by atoms with Gasteiger partial charge in [0.25, 0.3) is 0 Å². The van der Waals surface area contributed by atoms with Gasteiger partial charge < -0.3 is 5.73 Å². The highest BCUT2D eigenvalue weighted by Gasteiger charge is 2.10. The number of imidazole rings is 1. The third-order valence-electron chi connectivity index (χ3n) is 3.83. The molecule has 22 heavy (non-hydrogen) atoms. The van der Waals surface area contributed by atoms with Gasteiger partial charge in [0.2, 0.25) is 0 Å². The molecule has 0 aliphatic heterocycles. The molecule has 0 amide bonds. The molecule has 0 bridgehead atoms. The van der Waals surface area contributed by atoms with Crippen LogP contribution in [0.25, 0.3) is 28.0 Å². The predicted molar refractivity (Wildman–Crippen MR) is 90.5 cm³/mol. The molecule has 2 aromatic heterocycles. The Morgan fingerprint density at radius 1 is 0.682 bits per heavy atom. The van der Waals surface area contributed by atoms with Crippen LogP contribution < -0.4 is 5.73 Å². The monoisotopic (exact) mass is 285 g/mol. The van der Waals surface area contributed by atoms with Gasteiger partial charge in [-0.2, -0.15) is 0 Å². The van der Waals surface area contributed by atoms with Crippen molar-refractivity contribution in [2.45, 2.75) is 0 Å². The number of nitrogens with two attached hydrogens (primary N) is 1. The van der Waals surface area contributed by atoms with Gasteiger partial charge in [0.15, 0.2) is 0 Å². The number of nitrogens with zero attached hydrogens (tertiary/aromatic N) is 2. The third kappa shape index (κ3) is 2.04. The summed E-state index contributed by atoms with van der Waals surface area (Å²) in [5.74, 6) is 0.670. The van der Waals surface area contributed by atoms with Crippen molar-refractivity contribution in [3.8, 4) is 22.4 Å². The highest BCUT2D eigenvalue weighted by atomic mass is 15.1. The summed E-state index contributed by atoms with van der Waals surface area (Å²) < 4.78 is 1.90. The fraction of sp³-hybridized carbons (Fsp3) is 0. The molecule has 0 fully saturated rings. The SMILES string of the molecule is Nc1c(-c2ccc(-c3ccccc3)cc2)nc2ccccn12. The zero-order chi connectivity index (χ0) is 14.9. The quantitative estimate of drug-likeness (QED) is 0.598. The second-order valence-corrected chi connectivity index (χ2v) is 5.22. The van der Waals surface area contributed by atoms with E-state index in [9.17, 15) is 0 Å². The molecule has 4 aromatic rings. The summed E-state index contributed by atoms with van der Waals surface area (Å²) in [5, 5.41) is 0. The first-order valence-corrected chi connectivity index (χ1v) is 7.21. The summed E-state index contributed by atoms with van der Waals surface area (Å²) in [4.78, 5) is 4.62. The lowest BCUT2D eigenvalue weighted by Crippen LogP contribution is -1.93. The van der Waals surface area contributed by atoms with Gasteiger partial charge in [0, 0.05) is 11.8 Å². The summed E-state index contributed by atoms with van der Waals surface area (Å²) in [5.41, 5.74) is 11.3. The van der Waals surface area contributed by atoms with E-state index in [4.69, 9.17) is 5.73 Å². The Hall–Kier alpha value is -3.07. The van der Waals surface area contributed by atoms with Gasteiger partial charge in [-0.15, -0.1) is 0 Å². The van der Waals surface area contributed by atoms with E-state index in [0.29, 0.717) is 5.82 Å². The third-order valence-corrected chi connectivity index (χ3v) is 3.83. The number of hydrogen-bond acceptors (Lipinski definition) is 2. The molecule has 0 aliphatic carbocycles. The number of fused-ring (bicyclic) bond motifs is 1. The molecule has 2 N–H and O–H groups in total. The van der Waals surface area contributed by atoms with Gasteiger partial charge in [-0.3, -0.25) is 4.40 Å². The average Bonchev–Trinajstić information content (AvgIpc) is 2.93. The first-order chi connectivity index (χ1) is 10.8. The molecular formula is C19H15N3. The largest absolute Gasteiger partial charge is 0.383 e. The number of anilines is 1. The Morgan fingerprint density at radius 2 is 1.32 bits per heavy atom. The van der Waals surface area contributed by atoms with Crippen molar-refractivity contribution in [3.05, 3.63) is 79.0 Å². The molecule has 106 valence electrons. The van der Waals surface area contributed by atoms with Gasteiger partial charge in [0.05, 0.1) is 0 Å². The van der Waals surface area contributed by atoms with Gasteiger partial charge in [0.1, 0.15) is 17.2 Å². The van der Waals surface area contributed by atoms with Crippen molar-refractivity contribution in [2.75, 3.05) is 5.73 Å². The van der Waals surface area contributed by atoms with Crippen LogP contribution in [0.4, 0.5) is 5.82 Å². The highest BCUT2D eigenvalue weighted by molar-refractivity contribution is 5.77. The first kappa shape index (κ1) is 12.7. The first-order valence-electron chi connectivity index (χ1n) is 7.21. The Balaban J connectivity index is 1.78. The van der Waals surface area contributed by atoms with E-state index in [-0.39, 0.29) is 0 Å². The lowest BCUT2D eigenvalue weighted by molar-refractivity contribution is 1.20.